The molecule has 298 valence electrons. The number of fused-ring (bicyclic) bond motifs is 8. The van der Waals surface area contributed by atoms with Crippen molar-refractivity contribution in [3.05, 3.63) is 42.0 Å². The van der Waals surface area contributed by atoms with Crippen LogP contribution in [0.2, 0.25) is 0 Å². The fourth-order valence-electron chi connectivity index (χ4n) is 10.0. The fourth-order valence-corrected chi connectivity index (χ4v) is 10.0. The summed E-state index contributed by atoms with van der Waals surface area (Å²) in [6.07, 6.45) is 4.16. The molecule has 5 saturated heterocycles. The summed E-state index contributed by atoms with van der Waals surface area (Å²) < 4.78 is 44.3. The van der Waals surface area contributed by atoms with Gasteiger partial charge in [0, 0.05) is 77.0 Å². The predicted octanol–water partition coefficient (Wildman–Crippen LogP) is 2.50. The molecule has 16 heteroatoms. The third-order valence-corrected chi connectivity index (χ3v) is 12.7. The first-order valence-electron chi connectivity index (χ1n) is 20.2. The minimum absolute atomic E-state index is 0.0246. The molecule has 0 radical (unpaired) electrons. The van der Waals surface area contributed by atoms with Gasteiger partial charge < -0.3 is 24.3 Å². The molecule has 6 bridgehead atoms. The summed E-state index contributed by atoms with van der Waals surface area (Å²) in [4.78, 5) is 28.7. The Morgan fingerprint density at radius 1 is 0.982 bits per heavy atom. The summed E-state index contributed by atoms with van der Waals surface area (Å²) in [6, 6.07) is 8.27. The third kappa shape index (κ3) is 7.24. The fraction of sp³-hybridized carbons (Fsp3) is 0.667. The number of aryl methyl sites for hydroxylation is 1. The minimum atomic E-state index is -0.947. The van der Waals surface area contributed by atoms with Gasteiger partial charge in [-0.05, 0) is 44.4 Å². The lowest BCUT2D eigenvalue weighted by Gasteiger charge is -2.49. The Balaban J connectivity index is 1.06. The number of halogens is 2. The second-order valence-corrected chi connectivity index (χ2v) is 16.4. The first-order valence-corrected chi connectivity index (χ1v) is 20.2. The van der Waals surface area contributed by atoms with Crippen LogP contribution in [0.25, 0.3) is 22.3 Å². The molecule has 0 spiro atoms. The number of carbonyl (C=O) groups is 1. The van der Waals surface area contributed by atoms with Crippen molar-refractivity contribution in [1.82, 2.24) is 50.7 Å². The van der Waals surface area contributed by atoms with Crippen LogP contribution < -0.4 is 26.7 Å². The number of anilines is 1. The van der Waals surface area contributed by atoms with Crippen molar-refractivity contribution in [2.45, 2.75) is 114 Å². The standard InChI is InChI=1S/C39H55F2N11O3/c1-22-44-30-14-23(40)13-27-29-9-8-11-33(46-29)45-25-16-31(39(53)49(2)20-26(54-3)21-50(22)35(27)30)51(19-25)36-28-18-43-52-37(28)48-34(47-36)10-6-4-5-7-12-55-32-15-24(41)17-42-38(32)52/h8-9,11,13-14,24-26,28,31-32,34,36-38,42-43,47-48H,4-7,10,12,15-21H2,1-3H3,(H,45,46)/t24?,25-,26-,28?,31-,32?,34?,36?,37?,38?/m0/s1. The average molecular weight is 764 g/mol. The van der Waals surface area contributed by atoms with E-state index in [-0.39, 0.29) is 67.1 Å². The highest BCUT2D eigenvalue weighted by atomic mass is 19.1. The molecule has 9 rings (SSSR count). The topological polar surface area (TPSA) is 136 Å². The lowest BCUT2D eigenvalue weighted by atomic mass is 9.95. The zero-order valence-electron chi connectivity index (χ0n) is 32.0. The largest absolute Gasteiger partial charge is 0.378 e. The third-order valence-electron chi connectivity index (χ3n) is 12.7. The number of methoxy groups -OCH3 is 1. The van der Waals surface area contributed by atoms with Gasteiger partial charge in [-0.25, -0.2) is 23.8 Å². The Morgan fingerprint density at radius 3 is 2.71 bits per heavy atom. The molecular weight excluding hydrogens is 708 g/mol. The van der Waals surface area contributed by atoms with Gasteiger partial charge >= 0.3 is 0 Å². The number of pyridine rings is 1. The van der Waals surface area contributed by atoms with Gasteiger partial charge in [0.1, 0.15) is 29.8 Å². The Bertz CT molecular complexity index is 1870. The number of likely N-dealkylation sites (tertiary alicyclic amines) is 1. The Labute approximate surface area is 321 Å². The van der Waals surface area contributed by atoms with Gasteiger partial charge in [0.25, 0.3) is 0 Å². The molecule has 5 N–H and O–H groups in total. The van der Waals surface area contributed by atoms with Crippen LogP contribution in [-0.4, -0.2) is 137 Å². The van der Waals surface area contributed by atoms with E-state index in [0.29, 0.717) is 68.2 Å². The first kappa shape index (κ1) is 37.2. The number of benzene rings is 1. The quantitative estimate of drug-likeness (QED) is 0.263. The predicted molar refractivity (Wildman–Crippen MR) is 204 cm³/mol. The van der Waals surface area contributed by atoms with E-state index in [4.69, 9.17) is 19.4 Å². The van der Waals surface area contributed by atoms with E-state index in [2.05, 4.69) is 41.2 Å². The number of likely N-dealkylation sites (N-methyl/N-ethyl adjacent to an activating group) is 1. The molecular formula is C39H55F2N11O3. The molecule has 2 aromatic heterocycles. The lowest BCUT2D eigenvalue weighted by Crippen LogP contribution is -2.73. The highest BCUT2D eigenvalue weighted by Gasteiger charge is 2.53. The van der Waals surface area contributed by atoms with Crippen LogP contribution in [0.4, 0.5) is 14.6 Å². The molecule has 3 aromatic rings. The summed E-state index contributed by atoms with van der Waals surface area (Å²) in [7, 11) is 3.53. The smallest absolute Gasteiger partial charge is 0.239 e. The highest BCUT2D eigenvalue weighted by molar-refractivity contribution is 5.92. The van der Waals surface area contributed by atoms with E-state index in [1.165, 1.54) is 12.1 Å². The highest BCUT2D eigenvalue weighted by Crippen LogP contribution is 2.36. The van der Waals surface area contributed by atoms with Crippen LogP contribution in [0.3, 0.4) is 0 Å². The number of ether oxygens (including phenoxy) is 2. The van der Waals surface area contributed by atoms with E-state index in [9.17, 15) is 9.18 Å². The molecule has 55 heavy (non-hydrogen) atoms. The first-order chi connectivity index (χ1) is 26.7. The molecule has 5 fully saturated rings. The Hall–Kier alpha value is -3.35. The van der Waals surface area contributed by atoms with E-state index in [0.717, 1.165) is 43.4 Å². The average Bonchev–Trinajstić information content (AvgIpc) is 3.87. The normalized spacial score (nSPS) is 35.2. The molecule has 6 aliphatic rings. The SMILES string of the molecule is CO[C@H]1CN(C)C(=O)[C@@H]2C[C@@H](CN2C2NC3CCCCCCOC4CC(F)CNC4N4NCC2C4N3)Nc2cccc(n2)-c2cc(F)cc3nc(C)n(c23)C1. The zero-order valence-corrected chi connectivity index (χ0v) is 32.0. The second-order valence-electron chi connectivity index (χ2n) is 16.4. The molecule has 8 heterocycles. The molecule has 0 saturated carbocycles. The van der Waals surface area contributed by atoms with Crippen molar-refractivity contribution < 1.29 is 23.0 Å². The summed E-state index contributed by atoms with van der Waals surface area (Å²) in [5, 5.41) is 17.3. The van der Waals surface area contributed by atoms with E-state index < -0.39 is 12.2 Å². The molecule has 6 aliphatic heterocycles. The van der Waals surface area contributed by atoms with Gasteiger partial charge in [0.05, 0.1) is 60.0 Å². The van der Waals surface area contributed by atoms with Gasteiger partial charge in [-0.3, -0.25) is 31.1 Å². The van der Waals surface area contributed by atoms with E-state index in [1.54, 1.807) is 7.11 Å². The number of carbonyl (C=O) groups excluding carboxylic acids is 1. The molecule has 14 nitrogen and oxygen atoms in total. The van der Waals surface area contributed by atoms with Crippen molar-refractivity contribution in [3.63, 3.8) is 0 Å². The summed E-state index contributed by atoms with van der Waals surface area (Å²) in [5.74, 6) is 1.14. The Kier molecular flexibility index (Phi) is 10.5. The lowest BCUT2D eigenvalue weighted by molar-refractivity contribution is -0.139. The maximum absolute atomic E-state index is 15.1. The maximum Gasteiger partial charge on any atom is 0.239 e. The van der Waals surface area contributed by atoms with Crippen LogP contribution >= 0.6 is 0 Å². The van der Waals surface area contributed by atoms with Crippen LogP contribution in [-0.2, 0) is 20.8 Å². The van der Waals surface area contributed by atoms with E-state index in [1.807, 2.05) is 37.1 Å². The summed E-state index contributed by atoms with van der Waals surface area (Å²) in [5.41, 5.74) is 6.33. The number of imidazole rings is 1. The van der Waals surface area contributed by atoms with Crippen molar-refractivity contribution in [2.75, 3.05) is 52.3 Å². The van der Waals surface area contributed by atoms with Crippen molar-refractivity contribution in [1.29, 1.82) is 0 Å². The zero-order chi connectivity index (χ0) is 37.8. The molecule has 1 aromatic carbocycles. The number of piperidine rings is 1. The number of hydrogen-bond donors (Lipinski definition) is 5. The van der Waals surface area contributed by atoms with Crippen molar-refractivity contribution >= 4 is 22.8 Å². The number of rotatable bonds is 2. The van der Waals surface area contributed by atoms with Crippen LogP contribution in [0.15, 0.2) is 30.3 Å². The number of alkyl halides is 1. The number of aromatic nitrogens is 3. The Morgan fingerprint density at radius 2 is 1.84 bits per heavy atom. The summed E-state index contributed by atoms with van der Waals surface area (Å²) in [6.45, 7) is 4.92. The number of nitrogens with zero attached hydrogens (tertiary/aromatic N) is 6. The number of amides is 1. The van der Waals surface area contributed by atoms with Gasteiger partial charge in [0.15, 0.2) is 0 Å². The van der Waals surface area contributed by atoms with Crippen LogP contribution in [0.1, 0.15) is 50.8 Å². The molecule has 10 atom stereocenters. The maximum atomic E-state index is 15.1. The van der Waals surface area contributed by atoms with Gasteiger partial charge in [-0.1, -0.05) is 25.3 Å². The van der Waals surface area contributed by atoms with Gasteiger partial charge in [-0.2, -0.15) is 0 Å². The molecule has 7 unspecified atom stereocenters. The van der Waals surface area contributed by atoms with Crippen molar-refractivity contribution in [3.8, 4) is 11.3 Å². The second kappa shape index (κ2) is 15.5. The minimum Gasteiger partial charge on any atom is -0.378 e. The molecule has 1 amide bonds. The van der Waals surface area contributed by atoms with E-state index >= 15 is 4.39 Å². The van der Waals surface area contributed by atoms with Gasteiger partial charge in [0.2, 0.25) is 5.91 Å². The molecule has 0 aliphatic carbocycles. The van der Waals surface area contributed by atoms with Crippen LogP contribution in [0.5, 0.6) is 0 Å². The number of hydrazine groups is 1. The monoisotopic (exact) mass is 763 g/mol. The van der Waals surface area contributed by atoms with Crippen LogP contribution in [0, 0.1) is 18.7 Å². The van der Waals surface area contributed by atoms with Crippen molar-refractivity contribution in [2.24, 2.45) is 5.92 Å². The number of nitrogens with one attached hydrogen (secondary N) is 5. The number of hydrogen-bond acceptors (Lipinski definition) is 12. The summed E-state index contributed by atoms with van der Waals surface area (Å²) >= 11 is 0. The van der Waals surface area contributed by atoms with Gasteiger partial charge in [-0.15, -0.1) is 0 Å².